The number of carbonyl (C=O) groups is 1. The Morgan fingerprint density at radius 1 is 1.29 bits per heavy atom. The number of pyridine rings is 1. The smallest absolute Gasteiger partial charge is 0.141 e. The van der Waals surface area contributed by atoms with Gasteiger partial charge in [0.2, 0.25) is 0 Å². The number of hydrogen-bond acceptors (Lipinski definition) is 3. The van der Waals surface area contributed by atoms with Crippen LogP contribution in [0.1, 0.15) is 0 Å². The summed E-state index contributed by atoms with van der Waals surface area (Å²) in [6.45, 7) is 0.297. The Kier molecular flexibility index (Phi) is 2.36. The third-order valence-corrected chi connectivity index (χ3v) is 1.91. The SMILES string of the molecule is O=CCn1cc(-c2ccncc2)cn1. The molecule has 2 heterocycles. The summed E-state index contributed by atoms with van der Waals surface area (Å²) < 4.78 is 1.60. The van der Waals surface area contributed by atoms with Crippen LogP contribution in [0.5, 0.6) is 0 Å². The second-order valence-electron chi connectivity index (χ2n) is 2.85. The first-order chi connectivity index (χ1) is 6.90. The van der Waals surface area contributed by atoms with Gasteiger partial charge in [-0.15, -0.1) is 0 Å². The third-order valence-electron chi connectivity index (χ3n) is 1.91. The molecule has 0 amide bonds. The quantitative estimate of drug-likeness (QED) is 0.677. The predicted molar refractivity (Wildman–Crippen MR) is 51.5 cm³/mol. The number of carbonyl (C=O) groups excluding carboxylic acids is 1. The van der Waals surface area contributed by atoms with E-state index in [2.05, 4.69) is 10.1 Å². The van der Waals surface area contributed by atoms with Gasteiger partial charge in [-0.25, -0.2) is 0 Å². The van der Waals surface area contributed by atoms with E-state index in [9.17, 15) is 4.79 Å². The number of aldehydes is 1. The Balaban J connectivity index is 2.29. The van der Waals surface area contributed by atoms with Crippen molar-refractivity contribution in [3.63, 3.8) is 0 Å². The summed E-state index contributed by atoms with van der Waals surface area (Å²) in [6, 6.07) is 3.81. The number of nitrogens with zero attached hydrogens (tertiary/aromatic N) is 3. The summed E-state index contributed by atoms with van der Waals surface area (Å²) >= 11 is 0. The first-order valence-electron chi connectivity index (χ1n) is 4.26. The van der Waals surface area contributed by atoms with Crippen molar-refractivity contribution in [1.82, 2.24) is 14.8 Å². The molecule has 0 atom stereocenters. The zero-order valence-electron chi connectivity index (χ0n) is 7.50. The van der Waals surface area contributed by atoms with E-state index in [1.165, 1.54) is 0 Å². The van der Waals surface area contributed by atoms with Crippen LogP contribution in [-0.2, 0) is 11.3 Å². The maximum absolute atomic E-state index is 10.2. The van der Waals surface area contributed by atoms with E-state index in [0.717, 1.165) is 17.4 Å². The molecule has 4 heteroatoms. The average Bonchev–Trinajstić information content (AvgIpc) is 2.68. The average molecular weight is 187 g/mol. The van der Waals surface area contributed by atoms with E-state index in [-0.39, 0.29) is 0 Å². The van der Waals surface area contributed by atoms with Gasteiger partial charge in [0.05, 0.1) is 12.7 Å². The van der Waals surface area contributed by atoms with Crippen molar-refractivity contribution >= 4 is 6.29 Å². The highest BCUT2D eigenvalue weighted by Crippen LogP contribution is 2.16. The van der Waals surface area contributed by atoms with Crippen LogP contribution in [0.3, 0.4) is 0 Å². The van der Waals surface area contributed by atoms with Crippen LogP contribution in [0.15, 0.2) is 36.9 Å². The Morgan fingerprint density at radius 2 is 2.07 bits per heavy atom. The van der Waals surface area contributed by atoms with E-state index in [1.807, 2.05) is 18.3 Å². The Labute approximate surface area is 81.2 Å². The van der Waals surface area contributed by atoms with Crippen molar-refractivity contribution < 1.29 is 4.79 Å². The summed E-state index contributed by atoms with van der Waals surface area (Å²) in [5.41, 5.74) is 2.05. The van der Waals surface area contributed by atoms with Crippen molar-refractivity contribution in [2.45, 2.75) is 6.54 Å². The lowest BCUT2D eigenvalue weighted by atomic mass is 10.1. The van der Waals surface area contributed by atoms with Crippen LogP contribution in [0.25, 0.3) is 11.1 Å². The number of aromatic nitrogens is 3. The first-order valence-corrected chi connectivity index (χ1v) is 4.26. The fourth-order valence-corrected chi connectivity index (χ4v) is 1.23. The summed E-state index contributed by atoms with van der Waals surface area (Å²) in [4.78, 5) is 14.2. The van der Waals surface area contributed by atoms with Crippen LogP contribution < -0.4 is 0 Å². The molecule has 14 heavy (non-hydrogen) atoms. The van der Waals surface area contributed by atoms with Gasteiger partial charge in [0.25, 0.3) is 0 Å². The van der Waals surface area contributed by atoms with Crippen LogP contribution in [0.4, 0.5) is 0 Å². The normalized spacial score (nSPS) is 10.0. The molecule has 0 spiro atoms. The monoisotopic (exact) mass is 187 g/mol. The molecular weight excluding hydrogens is 178 g/mol. The van der Waals surface area contributed by atoms with Crippen LogP contribution in [0.2, 0.25) is 0 Å². The minimum atomic E-state index is 0.297. The molecule has 2 rings (SSSR count). The van der Waals surface area contributed by atoms with Crippen LogP contribution in [0, 0.1) is 0 Å². The minimum Gasteiger partial charge on any atom is -0.301 e. The molecule has 0 saturated carbocycles. The largest absolute Gasteiger partial charge is 0.301 e. The zero-order valence-corrected chi connectivity index (χ0v) is 7.50. The first kappa shape index (κ1) is 8.62. The second kappa shape index (κ2) is 3.83. The molecule has 70 valence electrons. The Bertz CT molecular complexity index is 422. The summed E-state index contributed by atoms with van der Waals surface area (Å²) in [7, 11) is 0. The lowest BCUT2D eigenvalue weighted by Gasteiger charge is -1.93. The molecule has 0 radical (unpaired) electrons. The molecule has 0 saturated heterocycles. The fraction of sp³-hybridized carbons (Fsp3) is 0.100. The van der Waals surface area contributed by atoms with Gasteiger partial charge in [-0.05, 0) is 17.7 Å². The maximum atomic E-state index is 10.2. The van der Waals surface area contributed by atoms with Crippen molar-refractivity contribution in [3.8, 4) is 11.1 Å². The van der Waals surface area contributed by atoms with E-state index < -0.39 is 0 Å². The molecule has 0 aliphatic heterocycles. The second-order valence-corrected chi connectivity index (χ2v) is 2.85. The van der Waals surface area contributed by atoms with Crippen LogP contribution >= 0.6 is 0 Å². The van der Waals surface area contributed by atoms with E-state index in [1.54, 1.807) is 23.3 Å². The molecule has 0 unspecified atom stereocenters. The van der Waals surface area contributed by atoms with Gasteiger partial charge in [0.1, 0.15) is 6.29 Å². The summed E-state index contributed by atoms with van der Waals surface area (Å²) in [5, 5.41) is 4.05. The van der Waals surface area contributed by atoms with Gasteiger partial charge >= 0.3 is 0 Å². The molecule has 2 aromatic rings. The number of rotatable bonds is 3. The molecule has 0 N–H and O–H groups in total. The highest BCUT2D eigenvalue weighted by atomic mass is 16.1. The third kappa shape index (κ3) is 1.69. The van der Waals surface area contributed by atoms with Gasteiger partial charge in [-0.3, -0.25) is 9.67 Å². The van der Waals surface area contributed by atoms with E-state index >= 15 is 0 Å². The van der Waals surface area contributed by atoms with Gasteiger partial charge in [0.15, 0.2) is 0 Å². The van der Waals surface area contributed by atoms with E-state index in [0.29, 0.717) is 6.54 Å². The van der Waals surface area contributed by atoms with Gasteiger partial charge in [-0.2, -0.15) is 5.10 Å². The lowest BCUT2D eigenvalue weighted by molar-refractivity contribution is -0.108. The molecule has 4 nitrogen and oxygen atoms in total. The molecule has 0 aromatic carbocycles. The highest BCUT2D eigenvalue weighted by molar-refractivity contribution is 5.61. The van der Waals surface area contributed by atoms with Gasteiger partial charge in [-0.1, -0.05) is 0 Å². The highest BCUT2D eigenvalue weighted by Gasteiger charge is 1.99. The lowest BCUT2D eigenvalue weighted by Crippen LogP contribution is -1.97. The maximum Gasteiger partial charge on any atom is 0.141 e. The molecule has 0 bridgehead atoms. The minimum absolute atomic E-state index is 0.297. The predicted octanol–water partition coefficient (Wildman–Crippen LogP) is 1.14. The van der Waals surface area contributed by atoms with Crippen molar-refractivity contribution in [2.24, 2.45) is 0 Å². The van der Waals surface area contributed by atoms with Gasteiger partial charge in [0, 0.05) is 24.2 Å². The fourth-order valence-electron chi connectivity index (χ4n) is 1.23. The van der Waals surface area contributed by atoms with Crippen molar-refractivity contribution in [2.75, 3.05) is 0 Å². The topological polar surface area (TPSA) is 47.8 Å². The van der Waals surface area contributed by atoms with E-state index in [4.69, 9.17) is 0 Å². The standard InChI is InChI=1S/C10H9N3O/c14-6-5-13-8-10(7-12-13)9-1-3-11-4-2-9/h1-4,6-8H,5H2. The Hall–Kier alpha value is -1.97. The van der Waals surface area contributed by atoms with Crippen molar-refractivity contribution in [1.29, 1.82) is 0 Å². The molecule has 0 aliphatic carbocycles. The molecule has 0 fully saturated rings. The van der Waals surface area contributed by atoms with Crippen molar-refractivity contribution in [3.05, 3.63) is 36.9 Å². The molecular formula is C10H9N3O. The summed E-state index contributed by atoms with van der Waals surface area (Å²) in [6.07, 6.45) is 7.85. The molecule has 0 aliphatic rings. The Morgan fingerprint density at radius 3 is 2.79 bits per heavy atom. The zero-order chi connectivity index (χ0) is 9.80. The van der Waals surface area contributed by atoms with Crippen LogP contribution in [-0.4, -0.2) is 21.1 Å². The van der Waals surface area contributed by atoms with Gasteiger partial charge < -0.3 is 4.79 Å². The summed E-state index contributed by atoms with van der Waals surface area (Å²) in [5.74, 6) is 0. The number of hydrogen-bond donors (Lipinski definition) is 0. The molecule has 2 aromatic heterocycles.